The van der Waals surface area contributed by atoms with E-state index < -0.39 is 12.1 Å². The number of fused-ring (bicyclic) bond motifs is 1. The molecule has 4 aromatic carbocycles. The Balaban J connectivity index is 1.25. The van der Waals surface area contributed by atoms with Gasteiger partial charge in [-0.05, 0) is 33.0 Å². The second-order valence-electron chi connectivity index (χ2n) is 8.98. The lowest BCUT2D eigenvalue weighted by molar-refractivity contribution is -0.138. The molecule has 0 saturated carbocycles. The molecule has 1 fully saturated rings. The SMILES string of the molecule is O=C(C[C@@H]1NC(=O)[C@H](Cc2ccccc2)NC1=O)NCc1ccc2ccccc2c1-c1ccccc1. The van der Waals surface area contributed by atoms with Gasteiger partial charge in [-0.25, -0.2) is 0 Å². The second kappa shape index (κ2) is 10.4. The van der Waals surface area contributed by atoms with Crippen molar-refractivity contribution in [3.05, 3.63) is 108 Å². The summed E-state index contributed by atoms with van der Waals surface area (Å²) in [7, 11) is 0. The first-order chi connectivity index (χ1) is 17.6. The smallest absolute Gasteiger partial charge is 0.243 e. The Kier molecular flexibility index (Phi) is 6.76. The van der Waals surface area contributed by atoms with Crippen molar-refractivity contribution in [3.8, 4) is 11.1 Å². The van der Waals surface area contributed by atoms with E-state index >= 15 is 0 Å². The predicted octanol–water partition coefficient (Wildman–Crippen LogP) is 3.74. The average Bonchev–Trinajstić information content (AvgIpc) is 2.91. The fourth-order valence-electron chi connectivity index (χ4n) is 4.67. The number of carbonyl (C=O) groups excluding carboxylic acids is 3. The van der Waals surface area contributed by atoms with E-state index in [4.69, 9.17) is 0 Å². The Morgan fingerprint density at radius 2 is 1.36 bits per heavy atom. The Hall–Kier alpha value is -4.45. The summed E-state index contributed by atoms with van der Waals surface area (Å²) in [5.74, 6) is -0.928. The van der Waals surface area contributed by atoms with E-state index in [1.807, 2.05) is 72.8 Å². The van der Waals surface area contributed by atoms with Gasteiger partial charge in [0.1, 0.15) is 12.1 Å². The van der Waals surface area contributed by atoms with E-state index in [2.05, 4.69) is 40.2 Å². The zero-order valence-corrected chi connectivity index (χ0v) is 19.7. The number of hydrogen-bond acceptors (Lipinski definition) is 3. The lowest BCUT2D eigenvalue weighted by atomic mass is 9.93. The highest BCUT2D eigenvalue weighted by atomic mass is 16.2. The third-order valence-corrected chi connectivity index (χ3v) is 6.49. The summed E-state index contributed by atoms with van der Waals surface area (Å²) in [6.07, 6.45) is 0.283. The van der Waals surface area contributed by atoms with Crippen molar-refractivity contribution in [3.63, 3.8) is 0 Å². The lowest BCUT2D eigenvalue weighted by Gasteiger charge is -2.29. The molecular weight excluding hydrogens is 450 g/mol. The molecule has 6 heteroatoms. The van der Waals surface area contributed by atoms with Crippen LogP contribution in [-0.2, 0) is 27.3 Å². The van der Waals surface area contributed by atoms with Crippen LogP contribution in [0.1, 0.15) is 17.5 Å². The van der Waals surface area contributed by atoms with E-state index in [1.54, 1.807) is 0 Å². The molecule has 6 nitrogen and oxygen atoms in total. The quantitative estimate of drug-likeness (QED) is 0.379. The van der Waals surface area contributed by atoms with Crippen LogP contribution in [0.3, 0.4) is 0 Å². The van der Waals surface area contributed by atoms with Crippen LogP contribution in [0.2, 0.25) is 0 Å². The van der Waals surface area contributed by atoms with Crippen LogP contribution in [0.15, 0.2) is 97.1 Å². The van der Waals surface area contributed by atoms with Crippen molar-refractivity contribution >= 4 is 28.5 Å². The summed E-state index contributed by atoms with van der Waals surface area (Å²) in [4.78, 5) is 38.0. The minimum absolute atomic E-state index is 0.121. The molecule has 0 aliphatic carbocycles. The van der Waals surface area contributed by atoms with Crippen LogP contribution in [0.25, 0.3) is 21.9 Å². The highest BCUT2D eigenvalue weighted by Gasteiger charge is 2.34. The Labute approximate surface area is 209 Å². The van der Waals surface area contributed by atoms with Crippen LogP contribution in [0.4, 0.5) is 0 Å². The zero-order valence-electron chi connectivity index (χ0n) is 19.7. The normalized spacial score (nSPS) is 17.3. The number of carbonyl (C=O) groups is 3. The van der Waals surface area contributed by atoms with E-state index in [-0.39, 0.29) is 24.1 Å². The standard InChI is InChI=1S/C30H27N3O3/c34-27(18-26-30(36)32-25(29(35)33-26)17-20-9-3-1-4-10-20)31-19-23-16-15-21-11-7-8-14-24(21)28(23)22-12-5-2-6-13-22/h1-16,25-26H,17-19H2,(H,31,34)(H,32,36)(H,33,35)/t25-,26-/m0/s1. The Bertz CT molecular complexity index is 1400. The summed E-state index contributed by atoms with van der Waals surface area (Å²) in [5, 5.41) is 10.6. The maximum absolute atomic E-state index is 12.8. The minimum atomic E-state index is -0.894. The predicted molar refractivity (Wildman–Crippen MR) is 140 cm³/mol. The maximum Gasteiger partial charge on any atom is 0.243 e. The zero-order chi connectivity index (χ0) is 24.9. The van der Waals surface area contributed by atoms with Gasteiger partial charge in [-0.2, -0.15) is 0 Å². The topological polar surface area (TPSA) is 87.3 Å². The van der Waals surface area contributed by atoms with Crippen molar-refractivity contribution < 1.29 is 14.4 Å². The second-order valence-corrected chi connectivity index (χ2v) is 8.98. The highest BCUT2D eigenvalue weighted by Crippen LogP contribution is 2.32. The summed E-state index contributed by atoms with van der Waals surface area (Å²) in [5.41, 5.74) is 4.08. The first kappa shape index (κ1) is 23.3. The molecule has 1 aliphatic heterocycles. The van der Waals surface area contributed by atoms with Crippen LogP contribution < -0.4 is 16.0 Å². The van der Waals surface area contributed by atoms with Crippen molar-refractivity contribution in [2.24, 2.45) is 0 Å². The highest BCUT2D eigenvalue weighted by molar-refractivity contribution is 6.00. The summed E-state index contributed by atoms with van der Waals surface area (Å²) in [6.45, 7) is 0.312. The van der Waals surface area contributed by atoms with Crippen LogP contribution in [0.5, 0.6) is 0 Å². The van der Waals surface area contributed by atoms with Gasteiger partial charge in [0, 0.05) is 13.0 Å². The van der Waals surface area contributed by atoms with Gasteiger partial charge in [-0.15, -0.1) is 0 Å². The van der Waals surface area contributed by atoms with Crippen LogP contribution >= 0.6 is 0 Å². The van der Waals surface area contributed by atoms with Crippen molar-refractivity contribution in [1.29, 1.82) is 0 Å². The van der Waals surface area contributed by atoms with Crippen molar-refractivity contribution in [1.82, 2.24) is 16.0 Å². The maximum atomic E-state index is 12.8. The van der Waals surface area contributed by atoms with E-state index in [1.165, 1.54) is 0 Å². The van der Waals surface area contributed by atoms with Crippen molar-refractivity contribution in [2.75, 3.05) is 0 Å². The molecule has 3 amide bonds. The molecule has 0 bridgehead atoms. The fourth-order valence-corrected chi connectivity index (χ4v) is 4.67. The van der Waals surface area contributed by atoms with Gasteiger partial charge in [0.05, 0.1) is 6.42 Å². The molecule has 0 radical (unpaired) electrons. The molecule has 4 aromatic rings. The van der Waals surface area contributed by atoms with E-state index in [0.717, 1.165) is 33.0 Å². The Morgan fingerprint density at radius 1 is 0.722 bits per heavy atom. The molecule has 3 N–H and O–H groups in total. The molecule has 180 valence electrons. The van der Waals surface area contributed by atoms with Gasteiger partial charge in [-0.3, -0.25) is 14.4 Å². The summed E-state index contributed by atoms with van der Waals surface area (Å²) < 4.78 is 0. The number of amides is 3. The molecule has 0 spiro atoms. The summed E-state index contributed by atoms with van der Waals surface area (Å²) >= 11 is 0. The van der Waals surface area contributed by atoms with Gasteiger partial charge in [0.2, 0.25) is 17.7 Å². The van der Waals surface area contributed by atoms with Gasteiger partial charge in [-0.1, -0.05) is 97.1 Å². The molecule has 1 heterocycles. The van der Waals surface area contributed by atoms with Crippen LogP contribution in [-0.4, -0.2) is 29.8 Å². The minimum Gasteiger partial charge on any atom is -0.352 e. The first-order valence-electron chi connectivity index (χ1n) is 12.1. The lowest BCUT2D eigenvalue weighted by Crippen LogP contribution is -2.63. The number of hydrogen-bond donors (Lipinski definition) is 3. The molecule has 0 unspecified atom stereocenters. The van der Waals surface area contributed by atoms with Gasteiger partial charge in [0.15, 0.2) is 0 Å². The van der Waals surface area contributed by atoms with Crippen LogP contribution in [0, 0.1) is 0 Å². The largest absolute Gasteiger partial charge is 0.352 e. The Morgan fingerprint density at radius 3 is 2.14 bits per heavy atom. The first-order valence-corrected chi connectivity index (χ1v) is 12.1. The average molecular weight is 478 g/mol. The molecule has 36 heavy (non-hydrogen) atoms. The molecule has 2 atom stereocenters. The third-order valence-electron chi connectivity index (χ3n) is 6.49. The third kappa shape index (κ3) is 5.13. The summed E-state index contributed by atoms with van der Waals surface area (Å²) in [6, 6.07) is 30.3. The monoisotopic (exact) mass is 477 g/mol. The van der Waals surface area contributed by atoms with E-state index in [9.17, 15) is 14.4 Å². The number of rotatable bonds is 7. The number of nitrogens with one attached hydrogen (secondary N) is 3. The van der Waals surface area contributed by atoms with E-state index in [0.29, 0.717) is 13.0 Å². The van der Waals surface area contributed by atoms with Crippen molar-refractivity contribution in [2.45, 2.75) is 31.5 Å². The number of piperazine rings is 1. The molecule has 1 saturated heterocycles. The molecule has 0 aromatic heterocycles. The molecule has 1 aliphatic rings. The fraction of sp³-hybridized carbons (Fsp3) is 0.167. The molecule has 5 rings (SSSR count). The molecular formula is C30H27N3O3. The van der Waals surface area contributed by atoms with Gasteiger partial charge < -0.3 is 16.0 Å². The van der Waals surface area contributed by atoms with Gasteiger partial charge in [0.25, 0.3) is 0 Å². The van der Waals surface area contributed by atoms with Gasteiger partial charge >= 0.3 is 0 Å². The number of benzene rings is 4.